The predicted octanol–water partition coefficient (Wildman–Crippen LogP) is 1.29. The Kier molecular flexibility index (Phi) is 3.91. The molecule has 0 radical (unpaired) electrons. The predicted molar refractivity (Wildman–Crippen MR) is 64.3 cm³/mol. The van der Waals surface area contributed by atoms with Crippen molar-refractivity contribution in [3.8, 4) is 0 Å². The van der Waals surface area contributed by atoms with Gasteiger partial charge in [-0.15, -0.1) is 0 Å². The van der Waals surface area contributed by atoms with Crippen molar-refractivity contribution in [3.05, 3.63) is 23.6 Å². The Morgan fingerprint density at radius 3 is 2.94 bits per heavy atom. The number of hydrogen-bond donors (Lipinski definition) is 1. The number of rotatable bonds is 6. The second-order valence-electron chi connectivity index (χ2n) is 4.26. The number of hydrogen-bond acceptors (Lipinski definition) is 4. The summed E-state index contributed by atoms with van der Waals surface area (Å²) in [6, 6.07) is 1.97. The quantitative estimate of drug-likeness (QED) is 0.813. The van der Waals surface area contributed by atoms with Crippen molar-refractivity contribution >= 4 is 5.82 Å². The molecule has 0 saturated heterocycles. The van der Waals surface area contributed by atoms with Gasteiger partial charge in [0.1, 0.15) is 11.6 Å². The van der Waals surface area contributed by atoms with Gasteiger partial charge < -0.3 is 15.4 Å². The molecule has 4 nitrogen and oxygen atoms in total. The van der Waals surface area contributed by atoms with Gasteiger partial charge in [-0.3, -0.25) is 0 Å². The van der Waals surface area contributed by atoms with E-state index < -0.39 is 0 Å². The highest BCUT2D eigenvalue weighted by atomic mass is 19.1. The zero-order chi connectivity index (χ0) is 12.3. The molecule has 1 heterocycles. The molecule has 1 aliphatic carbocycles. The van der Waals surface area contributed by atoms with Gasteiger partial charge in [0.2, 0.25) is 0 Å². The maximum atomic E-state index is 13.1. The van der Waals surface area contributed by atoms with E-state index in [4.69, 9.17) is 10.5 Å². The molecule has 2 N–H and O–H groups in total. The van der Waals surface area contributed by atoms with Gasteiger partial charge >= 0.3 is 0 Å². The lowest BCUT2D eigenvalue weighted by molar-refractivity contribution is 0.204. The average Bonchev–Trinajstić information content (AvgIpc) is 3.15. The summed E-state index contributed by atoms with van der Waals surface area (Å²) in [5.74, 6) is 0.463. The molecule has 17 heavy (non-hydrogen) atoms. The highest BCUT2D eigenvalue weighted by molar-refractivity contribution is 5.49. The zero-order valence-electron chi connectivity index (χ0n) is 10.0. The van der Waals surface area contributed by atoms with Crippen LogP contribution in [-0.2, 0) is 11.3 Å². The molecule has 1 aromatic heterocycles. The standard InChI is InChI=1S/C12H18FN3O/c1-17-5-4-16(11-2-3-11)12-9(7-14)6-10(13)8-15-12/h6,8,11H,2-5,7,14H2,1H3. The van der Waals surface area contributed by atoms with E-state index in [9.17, 15) is 4.39 Å². The van der Waals surface area contributed by atoms with Crippen LogP contribution < -0.4 is 10.6 Å². The second-order valence-corrected chi connectivity index (χ2v) is 4.26. The Bertz CT molecular complexity index is 382. The third-order valence-corrected chi connectivity index (χ3v) is 2.93. The number of ether oxygens (including phenoxy) is 1. The fourth-order valence-electron chi connectivity index (χ4n) is 1.92. The van der Waals surface area contributed by atoms with E-state index in [1.807, 2.05) is 0 Å². The van der Waals surface area contributed by atoms with Gasteiger partial charge in [-0.25, -0.2) is 9.37 Å². The van der Waals surface area contributed by atoms with Gasteiger partial charge in [0.25, 0.3) is 0 Å². The van der Waals surface area contributed by atoms with Crippen molar-refractivity contribution in [3.63, 3.8) is 0 Å². The van der Waals surface area contributed by atoms with E-state index in [-0.39, 0.29) is 5.82 Å². The van der Waals surface area contributed by atoms with Crippen LogP contribution in [0.5, 0.6) is 0 Å². The van der Waals surface area contributed by atoms with Crippen molar-refractivity contribution in [2.75, 3.05) is 25.2 Å². The summed E-state index contributed by atoms with van der Waals surface area (Å²) in [6.45, 7) is 1.71. The van der Waals surface area contributed by atoms with Crippen LogP contribution >= 0.6 is 0 Å². The van der Waals surface area contributed by atoms with Crippen molar-refractivity contribution in [2.45, 2.75) is 25.4 Å². The fraction of sp³-hybridized carbons (Fsp3) is 0.583. The van der Waals surface area contributed by atoms with E-state index in [0.29, 0.717) is 19.2 Å². The molecular weight excluding hydrogens is 221 g/mol. The Morgan fingerprint density at radius 2 is 2.35 bits per heavy atom. The minimum Gasteiger partial charge on any atom is -0.383 e. The van der Waals surface area contributed by atoms with Crippen molar-refractivity contribution in [2.24, 2.45) is 5.73 Å². The van der Waals surface area contributed by atoms with Gasteiger partial charge in [-0.2, -0.15) is 0 Å². The summed E-state index contributed by atoms with van der Waals surface area (Å²) >= 11 is 0. The van der Waals surface area contributed by atoms with E-state index in [2.05, 4.69) is 9.88 Å². The first-order valence-corrected chi connectivity index (χ1v) is 5.86. The normalized spacial score (nSPS) is 15.0. The van der Waals surface area contributed by atoms with Gasteiger partial charge in [0, 0.05) is 31.8 Å². The fourth-order valence-corrected chi connectivity index (χ4v) is 1.92. The summed E-state index contributed by atoms with van der Waals surface area (Å²) in [5, 5.41) is 0. The summed E-state index contributed by atoms with van der Waals surface area (Å²) in [7, 11) is 1.67. The Balaban J connectivity index is 2.21. The summed E-state index contributed by atoms with van der Waals surface area (Å²) in [4.78, 5) is 6.35. The molecule has 0 amide bonds. The topological polar surface area (TPSA) is 51.4 Å². The molecule has 1 fully saturated rings. The monoisotopic (exact) mass is 239 g/mol. The van der Waals surface area contributed by atoms with E-state index in [1.165, 1.54) is 12.3 Å². The molecule has 1 aliphatic rings. The Morgan fingerprint density at radius 1 is 1.59 bits per heavy atom. The molecule has 1 aromatic rings. The number of halogens is 1. The highest BCUT2D eigenvalue weighted by Gasteiger charge is 2.30. The highest BCUT2D eigenvalue weighted by Crippen LogP contribution is 2.32. The van der Waals surface area contributed by atoms with Gasteiger partial charge in [-0.1, -0.05) is 0 Å². The molecule has 94 valence electrons. The minimum absolute atomic E-state index is 0.302. The average molecular weight is 239 g/mol. The second kappa shape index (κ2) is 5.42. The summed E-state index contributed by atoms with van der Waals surface area (Å²) in [5.41, 5.74) is 6.40. The van der Waals surface area contributed by atoms with Gasteiger partial charge in [0.05, 0.1) is 12.8 Å². The van der Waals surface area contributed by atoms with Crippen molar-refractivity contribution in [1.82, 2.24) is 4.98 Å². The van der Waals surface area contributed by atoms with Crippen LogP contribution in [0.2, 0.25) is 0 Å². The smallest absolute Gasteiger partial charge is 0.141 e. The molecule has 2 rings (SSSR count). The molecule has 0 spiro atoms. The maximum Gasteiger partial charge on any atom is 0.141 e. The molecular formula is C12H18FN3O. The third kappa shape index (κ3) is 2.92. The molecule has 0 atom stereocenters. The van der Waals surface area contributed by atoms with E-state index in [0.717, 1.165) is 30.8 Å². The lowest BCUT2D eigenvalue weighted by atomic mass is 10.2. The van der Waals surface area contributed by atoms with Crippen LogP contribution in [0.25, 0.3) is 0 Å². The SMILES string of the molecule is COCCN(c1ncc(F)cc1CN)C1CC1. The number of nitrogens with zero attached hydrogens (tertiary/aromatic N) is 2. The number of anilines is 1. The van der Waals surface area contributed by atoms with Crippen molar-refractivity contribution < 1.29 is 9.13 Å². The van der Waals surface area contributed by atoms with Gasteiger partial charge in [-0.05, 0) is 18.9 Å². The molecule has 0 aromatic carbocycles. The number of nitrogens with two attached hydrogens (primary N) is 1. The van der Waals surface area contributed by atoms with Crippen LogP contribution in [0.1, 0.15) is 18.4 Å². The molecule has 1 saturated carbocycles. The zero-order valence-corrected chi connectivity index (χ0v) is 10.0. The summed E-state index contributed by atoms with van der Waals surface area (Å²) in [6.07, 6.45) is 3.57. The first-order chi connectivity index (χ1) is 8.26. The molecule has 0 unspecified atom stereocenters. The molecule has 5 heteroatoms. The first kappa shape index (κ1) is 12.3. The van der Waals surface area contributed by atoms with Crippen LogP contribution in [0.4, 0.5) is 10.2 Å². The lowest BCUT2D eigenvalue weighted by Crippen LogP contribution is -2.31. The lowest BCUT2D eigenvalue weighted by Gasteiger charge is -2.25. The van der Waals surface area contributed by atoms with Gasteiger partial charge in [0.15, 0.2) is 0 Å². The third-order valence-electron chi connectivity index (χ3n) is 2.93. The Hall–Kier alpha value is -1.20. The van der Waals surface area contributed by atoms with Crippen LogP contribution in [0, 0.1) is 5.82 Å². The van der Waals surface area contributed by atoms with Crippen LogP contribution in [0.3, 0.4) is 0 Å². The minimum atomic E-state index is -0.336. The van der Waals surface area contributed by atoms with Crippen molar-refractivity contribution in [1.29, 1.82) is 0 Å². The largest absolute Gasteiger partial charge is 0.383 e. The molecule has 0 aliphatic heterocycles. The summed E-state index contributed by atoms with van der Waals surface area (Å²) < 4.78 is 18.2. The maximum absolute atomic E-state index is 13.1. The van der Waals surface area contributed by atoms with E-state index >= 15 is 0 Å². The number of methoxy groups -OCH3 is 1. The number of aromatic nitrogens is 1. The molecule has 0 bridgehead atoms. The van der Waals surface area contributed by atoms with Crippen LogP contribution in [-0.4, -0.2) is 31.3 Å². The first-order valence-electron chi connectivity index (χ1n) is 5.86. The van der Waals surface area contributed by atoms with E-state index in [1.54, 1.807) is 7.11 Å². The van der Waals surface area contributed by atoms with Crippen LogP contribution in [0.15, 0.2) is 12.3 Å². The number of pyridine rings is 1. The Labute approximate surface area is 101 Å².